The molecule has 0 spiro atoms. The highest BCUT2D eigenvalue weighted by atomic mass is 35.5. The quantitative estimate of drug-likeness (QED) is 0.454. The van der Waals surface area contributed by atoms with Crippen molar-refractivity contribution in [3.8, 4) is 0 Å². The molecule has 0 aliphatic carbocycles. The highest BCUT2D eigenvalue weighted by Crippen LogP contribution is 2.26. The van der Waals surface area contributed by atoms with Gasteiger partial charge in [0, 0.05) is 40.2 Å². The van der Waals surface area contributed by atoms with Crippen LogP contribution in [0.5, 0.6) is 0 Å². The summed E-state index contributed by atoms with van der Waals surface area (Å²) >= 11 is 8.83. The van der Waals surface area contributed by atoms with Crippen molar-refractivity contribution in [1.82, 2.24) is 9.62 Å². The van der Waals surface area contributed by atoms with Gasteiger partial charge in [0.25, 0.3) is 5.91 Å². The minimum absolute atomic E-state index is 0.0911. The normalized spacial score (nSPS) is 14.7. The topological polar surface area (TPSA) is 75.7 Å². The molecule has 162 valence electrons. The number of nitrogens with one attached hydrogen (secondary N) is 1. The zero-order chi connectivity index (χ0) is 21.6. The van der Waals surface area contributed by atoms with E-state index in [1.807, 2.05) is 18.4 Å². The van der Waals surface area contributed by atoms with Crippen molar-refractivity contribution in [1.29, 1.82) is 0 Å². The van der Waals surface area contributed by atoms with Crippen molar-refractivity contribution in [2.75, 3.05) is 44.9 Å². The monoisotopic (exact) mass is 486 g/mol. The number of hydrogen-bond donors (Lipinski definition) is 1. The van der Waals surface area contributed by atoms with E-state index in [2.05, 4.69) is 4.72 Å². The van der Waals surface area contributed by atoms with Crippen molar-refractivity contribution in [2.45, 2.75) is 14.7 Å². The SMILES string of the molecule is CSc1ccc(S(=O)(=O)NCCSc2ccc(Cl)cc2)cc1C(=O)N1CCOCC1. The Labute approximate surface area is 190 Å². The van der Waals surface area contributed by atoms with Gasteiger partial charge in [-0.1, -0.05) is 11.6 Å². The van der Waals surface area contributed by atoms with E-state index < -0.39 is 10.0 Å². The maximum absolute atomic E-state index is 12.9. The zero-order valence-corrected chi connectivity index (χ0v) is 19.7. The fourth-order valence-electron chi connectivity index (χ4n) is 2.92. The van der Waals surface area contributed by atoms with Crippen LogP contribution in [0.4, 0.5) is 0 Å². The molecular formula is C20H23ClN2O4S3. The molecule has 2 aromatic carbocycles. The highest BCUT2D eigenvalue weighted by molar-refractivity contribution is 7.99. The maximum atomic E-state index is 12.9. The predicted octanol–water partition coefficient (Wildman–Crippen LogP) is 3.60. The summed E-state index contributed by atoms with van der Waals surface area (Å²) in [6, 6.07) is 12.1. The van der Waals surface area contributed by atoms with Crippen LogP contribution in [0.15, 0.2) is 57.2 Å². The van der Waals surface area contributed by atoms with Crippen molar-refractivity contribution < 1.29 is 17.9 Å². The molecule has 6 nitrogen and oxygen atoms in total. The Balaban J connectivity index is 1.67. The molecule has 10 heteroatoms. The first kappa shape index (κ1) is 23.4. The average Bonchev–Trinajstić information content (AvgIpc) is 2.77. The van der Waals surface area contributed by atoms with Crippen LogP contribution in [0.25, 0.3) is 0 Å². The highest BCUT2D eigenvalue weighted by Gasteiger charge is 2.23. The fourth-order valence-corrected chi connectivity index (χ4v) is 5.57. The largest absolute Gasteiger partial charge is 0.378 e. The van der Waals surface area contributed by atoms with E-state index in [1.165, 1.54) is 35.7 Å². The van der Waals surface area contributed by atoms with Crippen LogP contribution in [0, 0.1) is 0 Å². The summed E-state index contributed by atoms with van der Waals surface area (Å²) < 4.78 is 33.4. The van der Waals surface area contributed by atoms with E-state index >= 15 is 0 Å². The van der Waals surface area contributed by atoms with E-state index in [0.29, 0.717) is 42.6 Å². The molecule has 1 aliphatic heterocycles. The number of amides is 1. The van der Waals surface area contributed by atoms with Crippen molar-refractivity contribution in [2.24, 2.45) is 0 Å². The molecule has 1 N–H and O–H groups in total. The number of benzene rings is 2. The van der Waals surface area contributed by atoms with Gasteiger partial charge in [-0.2, -0.15) is 0 Å². The fraction of sp³-hybridized carbons (Fsp3) is 0.350. The van der Waals surface area contributed by atoms with Crippen molar-refractivity contribution in [3.05, 3.63) is 53.1 Å². The molecule has 0 bridgehead atoms. The van der Waals surface area contributed by atoms with Gasteiger partial charge in [0.05, 0.1) is 23.7 Å². The van der Waals surface area contributed by atoms with E-state index in [1.54, 1.807) is 23.1 Å². The van der Waals surface area contributed by atoms with Crippen LogP contribution in [0.1, 0.15) is 10.4 Å². The standard InChI is InChI=1S/C20H23ClN2O4S3/c1-28-19-7-6-17(14-18(19)20(24)23-9-11-27-12-10-23)30(25,26)22-8-13-29-16-4-2-15(21)3-5-16/h2-7,14,22H,8-13H2,1H3. The third-order valence-electron chi connectivity index (χ3n) is 4.49. The molecule has 1 heterocycles. The number of ether oxygens (including phenoxy) is 1. The summed E-state index contributed by atoms with van der Waals surface area (Å²) in [4.78, 5) is 16.5. The summed E-state index contributed by atoms with van der Waals surface area (Å²) in [5.74, 6) is 0.404. The number of carbonyl (C=O) groups excluding carboxylic acids is 1. The first-order chi connectivity index (χ1) is 14.4. The van der Waals surface area contributed by atoms with Gasteiger partial charge in [-0.3, -0.25) is 4.79 Å². The molecule has 0 aromatic heterocycles. The van der Waals surface area contributed by atoms with Crippen LogP contribution < -0.4 is 4.72 Å². The second-order valence-corrected chi connectivity index (χ2v) is 10.7. The number of hydrogen-bond acceptors (Lipinski definition) is 6. The second kappa shape index (κ2) is 10.9. The molecule has 3 rings (SSSR count). The molecule has 0 unspecified atom stereocenters. The van der Waals surface area contributed by atoms with E-state index in [9.17, 15) is 13.2 Å². The first-order valence-corrected chi connectivity index (χ1v) is 13.4. The second-order valence-electron chi connectivity index (χ2n) is 6.47. The number of carbonyl (C=O) groups is 1. The molecule has 1 aliphatic rings. The van der Waals surface area contributed by atoms with Crippen LogP contribution in [0.3, 0.4) is 0 Å². The van der Waals surface area contributed by atoms with E-state index in [-0.39, 0.29) is 17.3 Å². The molecular weight excluding hydrogens is 464 g/mol. The van der Waals surface area contributed by atoms with Crippen molar-refractivity contribution >= 4 is 51.1 Å². The van der Waals surface area contributed by atoms with Crippen molar-refractivity contribution in [3.63, 3.8) is 0 Å². The number of nitrogens with zero attached hydrogens (tertiary/aromatic N) is 1. The van der Waals surface area contributed by atoms with Crippen LogP contribution >= 0.6 is 35.1 Å². The van der Waals surface area contributed by atoms with E-state index in [4.69, 9.17) is 16.3 Å². The Morgan fingerprint density at radius 2 is 1.87 bits per heavy atom. The molecule has 0 atom stereocenters. The molecule has 1 saturated heterocycles. The van der Waals surface area contributed by atoms with Gasteiger partial charge in [0.2, 0.25) is 10.0 Å². The van der Waals surface area contributed by atoms with Crippen LogP contribution in [-0.2, 0) is 14.8 Å². The number of sulfonamides is 1. The summed E-state index contributed by atoms with van der Waals surface area (Å²) in [6.07, 6.45) is 1.87. The summed E-state index contributed by atoms with van der Waals surface area (Å²) in [5.41, 5.74) is 0.405. The van der Waals surface area contributed by atoms with Gasteiger partial charge in [0.1, 0.15) is 0 Å². The number of rotatable bonds is 8. The van der Waals surface area contributed by atoms with Gasteiger partial charge in [-0.05, 0) is 48.7 Å². The molecule has 0 saturated carbocycles. The minimum Gasteiger partial charge on any atom is -0.378 e. The summed E-state index contributed by atoms with van der Waals surface area (Å²) in [7, 11) is -3.72. The number of thioether (sulfide) groups is 2. The lowest BCUT2D eigenvalue weighted by Gasteiger charge is -2.27. The average molecular weight is 487 g/mol. The van der Waals surface area contributed by atoms with Crippen LogP contribution in [-0.4, -0.2) is 64.1 Å². The Morgan fingerprint density at radius 3 is 2.53 bits per heavy atom. The molecule has 1 amide bonds. The van der Waals surface area contributed by atoms with Gasteiger partial charge in [0.15, 0.2) is 0 Å². The van der Waals surface area contributed by atoms with E-state index in [0.717, 1.165) is 9.79 Å². The predicted molar refractivity (Wildman–Crippen MR) is 122 cm³/mol. The Morgan fingerprint density at radius 1 is 1.17 bits per heavy atom. The summed E-state index contributed by atoms with van der Waals surface area (Å²) in [6.45, 7) is 2.26. The third kappa shape index (κ3) is 6.15. The lowest BCUT2D eigenvalue weighted by Crippen LogP contribution is -2.41. The summed E-state index contributed by atoms with van der Waals surface area (Å²) in [5, 5.41) is 0.663. The number of halogens is 1. The Bertz CT molecular complexity index is 978. The molecule has 1 fully saturated rings. The smallest absolute Gasteiger partial charge is 0.255 e. The first-order valence-electron chi connectivity index (χ1n) is 9.34. The zero-order valence-electron chi connectivity index (χ0n) is 16.5. The lowest BCUT2D eigenvalue weighted by atomic mass is 10.2. The van der Waals surface area contributed by atoms with Crippen LogP contribution in [0.2, 0.25) is 5.02 Å². The minimum atomic E-state index is -3.72. The maximum Gasteiger partial charge on any atom is 0.255 e. The molecule has 30 heavy (non-hydrogen) atoms. The lowest BCUT2D eigenvalue weighted by molar-refractivity contribution is 0.0300. The Hall–Kier alpha value is -1.23. The number of morpholine rings is 1. The van der Waals surface area contributed by atoms with Gasteiger partial charge < -0.3 is 9.64 Å². The Kier molecular flexibility index (Phi) is 8.50. The third-order valence-corrected chi connectivity index (χ3v) is 8.01. The van der Waals surface area contributed by atoms with Gasteiger partial charge in [-0.15, -0.1) is 23.5 Å². The van der Waals surface area contributed by atoms with Gasteiger partial charge >= 0.3 is 0 Å². The molecule has 0 radical (unpaired) electrons. The van der Waals surface area contributed by atoms with Gasteiger partial charge in [-0.25, -0.2) is 13.1 Å². The molecule has 2 aromatic rings.